The molecular formula is C31H33F2N3O4. The first kappa shape index (κ1) is 28.9. The molecule has 40 heavy (non-hydrogen) atoms. The zero-order chi connectivity index (χ0) is 28.4. The van der Waals surface area contributed by atoms with E-state index in [2.05, 4.69) is 10.9 Å². The van der Waals surface area contributed by atoms with Crippen molar-refractivity contribution in [1.29, 1.82) is 0 Å². The van der Waals surface area contributed by atoms with Gasteiger partial charge in [-0.1, -0.05) is 42.5 Å². The van der Waals surface area contributed by atoms with Gasteiger partial charge in [0.2, 0.25) is 5.90 Å². The smallest absolute Gasteiger partial charge is 0.266 e. The molecule has 2 atom stereocenters. The van der Waals surface area contributed by atoms with Crippen molar-refractivity contribution >= 4 is 17.9 Å². The highest BCUT2D eigenvalue weighted by atomic mass is 19.1. The van der Waals surface area contributed by atoms with Gasteiger partial charge in [0.15, 0.2) is 5.54 Å². The summed E-state index contributed by atoms with van der Waals surface area (Å²) in [4.78, 5) is 18.3. The van der Waals surface area contributed by atoms with Gasteiger partial charge in [-0.05, 0) is 60.9 Å². The molecule has 0 unspecified atom stereocenters. The molecule has 1 heterocycles. The van der Waals surface area contributed by atoms with Crippen LogP contribution < -0.4 is 15.6 Å². The monoisotopic (exact) mass is 549 g/mol. The van der Waals surface area contributed by atoms with E-state index in [0.29, 0.717) is 42.2 Å². The van der Waals surface area contributed by atoms with Gasteiger partial charge in [0.05, 0.1) is 6.61 Å². The first-order chi connectivity index (χ1) is 19.4. The van der Waals surface area contributed by atoms with Crippen molar-refractivity contribution in [3.63, 3.8) is 0 Å². The predicted molar refractivity (Wildman–Crippen MR) is 150 cm³/mol. The van der Waals surface area contributed by atoms with E-state index in [1.807, 2.05) is 54.6 Å². The minimum atomic E-state index is -1.26. The van der Waals surface area contributed by atoms with E-state index in [1.165, 1.54) is 12.1 Å². The quantitative estimate of drug-likeness (QED) is 0.214. The van der Waals surface area contributed by atoms with Gasteiger partial charge < -0.3 is 14.6 Å². The lowest BCUT2D eigenvalue weighted by molar-refractivity contribution is -0.129. The zero-order valence-corrected chi connectivity index (χ0v) is 22.3. The Balaban J connectivity index is 1.49. The second-order valence-corrected chi connectivity index (χ2v) is 9.48. The Labute approximate surface area is 232 Å². The molecule has 3 aromatic carbocycles. The van der Waals surface area contributed by atoms with E-state index in [1.54, 1.807) is 19.1 Å². The summed E-state index contributed by atoms with van der Waals surface area (Å²) >= 11 is 0. The summed E-state index contributed by atoms with van der Waals surface area (Å²) in [5.74, 6) is -0.686. The molecule has 9 heteroatoms. The Morgan fingerprint density at radius 1 is 1.10 bits per heavy atom. The molecule has 0 radical (unpaired) electrons. The summed E-state index contributed by atoms with van der Waals surface area (Å²) in [6.45, 7) is 2.52. The number of aliphatic imine (C=N–C) groups is 1. The van der Waals surface area contributed by atoms with Crippen molar-refractivity contribution in [2.75, 3.05) is 19.8 Å². The van der Waals surface area contributed by atoms with Crippen LogP contribution in [0.3, 0.4) is 0 Å². The highest BCUT2D eigenvalue weighted by molar-refractivity contribution is 6.00. The number of ether oxygens (including phenoxy) is 2. The molecule has 0 saturated heterocycles. The maximum absolute atomic E-state index is 13.6. The van der Waals surface area contributed by atoms with Gasteiger partial charge in [-0.3, -0.25) is 10.2 Å². The number of amides is 1. The van der Waals surface area contributed by atoms with Gasteiger partial charge in [-0.25, -0.2) is 19.2 Å². The summed E-state index contributed by atoms with van der Waals surface area (Å²) in [6.07, 6.45) is 4.37. The fraction of sp³-hybridized carbons (Fsp3) is 0.290. The van der Waals surface area contributed by atoms with E-state index in [4.69, 9.17) is 19.6 Å². The number of rotatable bonds is 13. The number of carbonyl (C=O) groups is 1. The van der Waals surface area contributed by atoms with Crippen molar-refractivity contribution in [3.8, 4) is 5.75 Å². The second-order valence-electron chi connectivity index (χ2n) is 9.48. The number of aliphatic hydroxyl groups excluding tert-OH is 1. The second kappa shape index (κ2) is 13.8. The van der Waals surface area contributed by atoms with Crippen LogP contribution in [0.4, 0.5) is 8.78 Å². The standard InChI is InChI=1S/C31H33F2N3O4/c1-22-31(15-5-9-23-7-3-2-4-8-23,30(38)36-34-16-14-24-19-26(32)21-27(33)20-24)35-29(40-22)25-10-12-28(13-11-25)39-18-6-17-37/h2-5,7-13,19-22,34,37H,6,14-18H2,1H3,(H,36,38)/b9-5+/t22-,31-/m0/s1. The number of nitrogens with zero attached hydrogens (tertiary/aromatic N) is 1. The van der Waals surface area contributed by atoms with E-state index >= 15 is 0 Å². The highest BCUT2D eigenvalue weighted by Crippen LogP contribution is 2.33. The summed E-state index contributed by atoms with van der Waals surface area (Å²) < 4.78 is 38.7. The van der Waals surface area contributed by atoms with Gasteiger partial charge in [-0.15, -0.1) is 0 Å². The van der Waals surface area contributed by atoms with E-state index in [-0.39, 0.29) is 25.5 Å². The Bertz CT molecular complexity index is 1310. The first-order valence-electron chi connectivity index (χ1n) is 13.2. The zero-order valence-electron chi connectivity index (χ0n) is 22.3. The summed E-state index contributed by atoms with van der Waals surface area (Å²) in [7, 11) is 0. The molecule has 1 aliphatic rings. The predicted octanol–water partition coefficient (Wildman–Crippen LogP) is 4.60. The van der Waals surface area contributed by atoms with Crippen LogP contribution in [-0.2, 0) is 16.0 Å². The summed E-state index contributed by atoms with van der Waals surface area (Å²) in [6, 6.07) is 20.3. The van der Waals surface area contributed by atoms with Crippen molar-refractivity contribution in [3.05, 3.63) is 107 Å². The fourth-order valence-corrected chi connectivity index (χ4v) is 4.34. The molecule has 3 N–H and O–H groups in total. The van der Waals surface area contributed by atoms with Crippen LogP contribution in [0.25, 0.3) is 6.08 Å². The van der Waals surface area contributed by atoms with Crippen molar-refractivity contribution in [1.82, 2.24) is 10.9 Å². The average molecular weight is 550 g/mol. The van der Waals surface area contributed by atoms with Crippen LogP contribution in [0.5, 0.6) is 5.75 Å². The average Bonchev–Trinajstić information content (AvgIpc) is 3.28. The number of carbonyl (C=O) groups excluding carboxylic acids is 1. The molecule has 0 aliphatic carbocycles. The third kappa shape index (κ3) is 7.52. The Morgan fingerprint density at radius 2 is 1.82 bits per heavy atom. The highest BCUT2D eigenvalue weighted by Gasteiger charge is 2.49. The largest absolute Gasteiger partial charge is 0.494 e. The first-order valence-corrected chi connectivity index (χ1v) is 13.2. The van der Waals surface area contributed by atoms with Crippen LogP contribution in [0.15, 0.2) is 83.9 Å². The molecule has 7 nitrogen and oxygen atoms in total. The van der Waals surface area contributed by atoms with Gasteiger partial charge in [0.25, 0.3) is 5.91 Å². The third-order valence-corrected chi connectivity index (χ3v) is 6.53. The van der Waals surface area contributed by atoms with Crippen LogP contribution >= 0.6 is 0 Å². The Kier molecular flexibility index (Phi) is 9.99. The van der Waals surface area contributed by atoms with Gasteiger partial charge in [0, 0.05) is 37.6 Å². The lowest BCUT2D eigenvalue weighted by Gasteiger charge is -2.27. The molecule has 0 spiro atoms. The molecule has 3 aromatic rings. The van der Waals surface area contributed by atoms with Crippen LogP contribution in [0.1, 0.15) is 36.5 Å². The molecule has 1 amide bonds. The third-order valence-electron chi connectivity index (χ3n) is 6.53. The molecule has 0 saturated carbocycles. The Hall–Kier alpha value is -4.08. The van der Waals surface area contributed by atoms with Crippen LogP contribution in [-0.4, -0.2) is 48.3 Å². The number of hydrazine groups is 1. The summed E-state index contributed by atoms with van der Waals surface area (Å²) in [5.41, 5.74) is 6.49. The lowest BCUT2D eigenvalue weighted by Crippen LogP contribution is -2.54. The number of aliphatic hydroxyl groups is 1. The van der Waals surface area contributed by atoms with Crippen molar-refractivity contribution in [2.24, 2.45) is 4.99 Å². The van der Waals surface area contributed by atoms with Gasteiger partial charge in [-0.2, -0.15) is 0 Å². The van der Waals surface area contributed by atoms with E-state index in [0.717, 1.165) is 11.6 Å². The maximum atomic E-state index is 13.6. The minimum Gasteiger partial charge on any atom is -0.494 e. The number of hydrogen-bond donors (Lipinski definition) is 3. The molecule has 210 valence electrons. The molecule has 0 aromatic heterocycles. The van der Waals surface area contributed by atoms with Crippen molar-refractivity contribution < 1.29 is 28.2 Å². The fourth-order valence-electron chi connectivity index (χ4n) is 4.34. The topological polar surface area (TPSA) is 92.2 Å². The number of benzene rings is 3. The normalized spacial score (nSPS) is 18.4. The van der Waals surface area contributed by atoms with Crippen LogP contribution in [0.2, 0.25) is 0 Å². The molecule has 4 rings (SSSR count). The van der Waals surface area contributed by atoms with Gasteiger partial charge in [0.1, 0.15) is 23.5 Å². The summed E-state index contributed by atoms with van der Waals surface area (Å²) in [5, 5.41) is 8.94. The SMILES string of the molecule is C[C@@H]1OC(c2ccc(OCCCO)cc2)=N[C@]1(C/C=C/c1ccccc1)C(=O)NNCCc1cc(F)cc(F)c1. The number of nitrogens with one attached hydrogen (secondary N) is 2. The molecule has 0 fully saturated rings. The minimum absolute atomic E-state index is 0.0572. The van der Waals surface area contributed by atoms with E-state index < -0.39 is 23.3 Å². The maximum Gasteiger partial charge on any atom is 0.266 e. The lowest BCUT2D eigenvalue weighted by atomic mass is 9.89. The Morgan fingerprint density at radius 3 is 2.52 bits per heavy atom. The van der Waals surface area contributed by atoms with E-state index in [9.17, 15) is 13.6 Å². The van der Waals surface area contributed by atoms with Crippen LogP contribution in [0, 0.1) is 11.6 Å². The number of hydrogen-bond acceptors (Lipinski definition) is 6. The van der Waals surface area contributed by atoms with Gasteiger partial charge >= 0.3 is 0 Å². The molecule has 1 aliphatic heterocycles. The number of halogens is 2. The van der Waals surface area contributed by atoms with Crippen molar-refractivity contribution in [2.45, 2.75) is 37.8 Å². The molecular weight excluding hydrogens is 516 g/mol. The molecule has 0 bridgehead atoms.